The van der Waals surface area contributed by atoms with Crippen molar-refractivity contribution in [2.45, 2.75) is 51.5 Å². The second-order valence-electron chi connectivity index (χ2n) is 7.92. The lowest BCUT2D eigenvalue weighted by atomic mass is 9.75. The van der Waals surface area contributed by atoms with Crippen molar-refractivity contribution in [3.8, 4) is 0 Å². The van der Waals surface area contributed by atoms with Gasteiger partial charge in [-0.2, -0.15) is 0 Å². The Labute approximate surface area is 196 Å². The van der Waals surface area contributed by atoms with Gasteiger partial charge in [-0.3, -0.25) is 9.59 Å². The number of carbonyl (C=O) groups is 2. The van der Waals surface area contributed by atoms with Crippen LogP contribution in [-0.2, 0) is 9.59 Å². The molecule has 0 bridgehead atoms. The van der Waals surface area contributed by atoms with Crippen LogP contribution in [0.1, 0.15) is 56.6 Å². The molecular weight excluding hydrogens is 457 g/mol. The fraction of sp³-hybridized carbons (Fsp3) is 0.333. The Bertz CT molecular complexity index is 1070. The highest BCUT2D eigenvalue weighted by Crippen LogP contribution is 2.40. The first kappa shape index (κ1) is 24.2. The van der Waals surface area contributed by atoms with Gasteiger partial charge < -0.3 is 10.6 Å². The molecule has 0 aromatic heterocycles. The van der Waals surface area contributed by atoms with Crippen molar-refractivity contribution in [3.05, 3.63) is 74.9 Å². The third kappa shape index (κ3) is 5.87. The highest BCUT2D eigenvalue weighted by Gasteiger charge is 2.33. The molecule has 8 heteroatoms. The van der Waals surface area contributed by atoms with Crippen molar-refractivity contribution < 1.29 is 18.4 Å². The van der Waals surface area contributed by atoms with Gasteiger partial charge in [-0.25, -0.2) is 8.78 Å². The number of amides is 2. The molecule has 2 aromatic carbocycles. The van der Waals surface area contributed by atoms with Gasteiger partial charge in [0.15, 0.2) is 0 Å². The van der Waals surface area contributed by atoms with Crippen LogP contribution in [0.15, 0.2) is 42.1 Å². The smallest absolute Gasteiger partial charge is 0.221 e. The highest BCUT2D eigenvalue weighted by molar-refractivity contribution is 6.32. The molecule has 0 aliphatic heterocycles. The third-order valence-electron chi connectivity index (χ3n) is 5.60. The summed E-state index contributed by atoms with van der Waals surface area (Å²) in [6.07, 6.45) is 3.64. The van der Waals surface area contributed by atoms with Gasteiger partial charge in [-0.1, -0.05) is 35.3 Å². The predicted octanol–water partition coefficient (Wildman–Crippen LogP) is 5.98. The van der Waals surface area contributed by atoms with Crippen LogP contribution in [0.5, 0.6) is 0 Å². The Hall–Kier alpha value is -2.44. The molecular formula is C24H24Cl2F2N2O2. The molecule has 0 radical (unpaired) electrons. The van der Waals surface area contributed by atoms with Crippen molar-refractivity contribution in [2.75, 3.05) is 0 Å². The fourth-order valence-corrected chi connectivity index (χ4v) is 4.45. The number of hydrogen-bond acceptors (Lipinski definition) is 2. The lowest BCUT2D eigenvalue weighted by Crippen LogP contribution is -2.44. The van der Waals surface area contributed by atoms with E-state index in [4.69, 9.17) is 23.2 Å². The molecule has 2 atom stereocenters. The lowest BCUT2D eigenvalue weighted by molar-refractivity contribution is -0.120. The summed E-state index contributed by atoms with van der Waals surface area (Å²) < 4.78 is 25.8. The van der Waals surface area contributed by atoms with E-state index in [2.05, 4.69) is 10.6 Å². The molecule has 0 heterocycles. The van der Waals surface area contributed by atoms with Crippen molar-refractivity contribution in [3.63, 3.8) is 0 Å². The zero-order valence-corrected chi connectivity index (χ0v) is 19.3. The van der Waals surface area contributed by atoms with Gasteiger partial charge in [0.2, 0.25) is 11.8 Å². The summed E-state index contributed by atoms with van der Waals surface area (Å²) in [5.74, 6) is -0.589. The van der Waals surface area contributed by atoms with E-state index in [0.717, 1.165) is 48.1 Å². The predicted molar refractivity (Wildman–Crippen MR) is 122 cm³/mol. The maximum absolute atomic E-state index is 12.9. The Morgan fingerprint density at radius 3 is 2.03 bits per heavy atom. The summed E-state index contributed by atoms with van der Waals surface area (Å²) in [4.78, 5) is 21.9. The molecule has 4 nitrogen and oxygen atoms in total. The second-order valence-corrected chi connectivity index (χ2v) is 8.73. The minimum absolute atomic E-state index is 0.0343. The quantitative estimate of drug-likeness (QED) is 0.565. The maximum atomic E-state index is 12.9. The van der Waals surface area contributed by atoms with Crippen molar-refractivity contribution in [1.82, 2.24) is 10.6 Å². The minimum Gasteiger partial charge on any atom is -0.353 e. The number of nitrogens with one attached hydrogen (secondary N) is 2. The maximum Gasteiger partial charge on any atom is 0.221 e. The van der Waals surface area contributed by atoms with Crippen LogP contribution >= 0.6 is 23.2 Å². The second kappa shape index (κ2) is 10.5. The molecule has 0 spiro atoms. The van der Waals surface area contributed by atoms with Gasteiger partial charge in [-0.05, 0) is 66.6 Å². The molecule has 2 aromatic rings. The molecule has 4 rings (SSSR count). The van der Waals surface area contributed by atoms with Crippen LogP contribution in [0, 0.1) is 11.6 Å². The number of benzene rings is 2. The lowest BCUT2D eigenvalue weighted by Gasteiger charge is -2.37. The van der Waals surface area contributed by atoms with Gasteiger partial charge in [0.05, 0.1) is 5.02 Å². The Morgan fingerprint density at radius 2 is 1.56 bits per heavy atom. The van der Waals surface area contributed by atoms with E-state index in [0.29, 0.717) is 10.0 Å². The molecule has 1 fully saturated rings. The normalized spacial score (nSPS) is 19.2. The molecule has 0 saturated heterocycles. The first-order valence-electron chi connectivity index (χ1n) is 10.3. The average Bonchev–Trinajstić information content (AvgIpc) is 2.67. The van der Waals surface area contributed by atoms with Crippen molar-refractivity contribution >= 4 is 40.6 Å². The highest BCUT2D eigenvalue weighted by atomic mass is 35.5. The van der Waals surface area contributed by atoms with Crippen LogP contribution in [0.2, 0.25) is 10.0 Å². The van der Waals surface area contributed by atoms with E-state index in [-0.39, 0.29) is 35.4 Å². The number of allylic oxidation sites excluding steroid dienone is 2. The molecule has 0 unspecified atom stereocenters. The molecule has 1 saturated carbocycles. The van der Waals surface area contributed by atoms with E-state index in [1.165, 1.54) is 38.1 Å². The van der Waals surface area contributed by atoms with Gasteiger partial charge in [0, 0.05) is 36.5 Å². The Morgan fingerprint density at radius 1 is 0.906 bits per heavy atom. The van der Waals surface area contributed by atoms with Gasteiger partial charge in [-0.15, -0.1) is 0 Å². The monoisotopic (exact) mass is 480 g/mol. The number of halogens is 4. The first-order chi connectivity index (χ1) is 15.2. The summed E-state index contributed by atoms with van der Waals surface area (Å²) in [5, 5.41) is 6.47. The zero-order valence-electron chi connectivity index (χ0n) is 17.8. The van der Waals surface area contributed by atoms with Crippen LogP contribution in [0.4, 0.5) is 8.78 Å². The summed E-state index contributed by atoms with van der Waals surface area (Å²) in [7, 11) is 0. The fourth-order valence-electron chi connectivity index (χ4n) is 3.87. The van der Waals surface area contributed by atoms with E-state index < -0.39 is 0 Å². The van der Waals surface area contributed by atoms with Crippen molar-refractivity contribution in [2.24, 2.45) is 0 Å². The Balaban J connectivity index is 0.000000181. The number of carbonyl (C=O) groups excluding carboxylic acids is 2. The topological polar surface area (TPSA) is 58.2 Å². The summed E-state index contributed by atoms with van der Waals surface area (Å²) in [5.41, 5.74) is 3.62. The van der Waals surface area contributed by atoms with Crippen LogP contribution in [-0.4, -0.2) is 17.9 Å². The summed E-state index contributed by atoms with van der Waals surface area (Å²) in [6, 6.07) is 8.88. The zero-order chi connectivity index (χ0) is 23.4. The van der Waals surface area contributed by atoms with Crippen LogP contribution < -0.4 is 10.6 Å². The number of hydrogen-bond donors (Lipinski definition) is 2. The van der Waals surface area contributed by atoms with Gasteiger partial charge in [0.25, 0.3) is 0 Å². The molecule has 32 heavy (non-hydrogen) atoms. The first-order valence-corrected chi connectivity index (χ1v) is 11.1. The average molecular weight is 481 g/mol. The molecule has 170 valence electrons. The molecule has 2 N–H and O–H groups in total. The van der Waals surface area contributed by atoms with Crippen LogP contribution in [0.3, 0.4) is 0 Å². The minimum atomic E-state index is -0.352. The molecule has 2 amide bonds. The standard InChI is InChI=1S/C12H13ClFNO.C12H11ClFNO/c2*1-7(16)15-12-5-4-10(12)9-3-2-8(14)6-11(9)13/h2-3,6,10,12H,4-5H2,1H3,(H,15,16);2-3,6H,4-5H2,1H3,(H,15,16)/t10-,12-;/m0./s1. The van der Waals surface area contributed by atoms with Gasteiger partial charge >= 0.3 is 0 Å². The Kier molecular flexibility index (Phi) is 7.91. The van der Waals surface area contributed by atoms with E-state index in [1.807, 2.05) is 0 Å². The van der Waals surface area contributed by atoms with E-state index in [9.17, 15) is 18.4 Å². The van der Waals surface area contributed by atoms with Crippen molar-refractivity contribution in [1.29, 1.82) is 0 Å². The largest absolute Gasteiger partial charge is 0.353 e. The van der Waals surface area contributed by atoms with Crippen LogP contribution in [0.25, 0.3) is 5.57 Å². The summed E-state index contributed by atoms with van der Waals surface area (Å²) in [6.45, 7) is 2.97. The SMILES string of the molecule is CC(=O)NC1=C(c2ccc(F)cc2Cl)CC1.CC(=O)N[C@H]1CC[C@H]1c1ccc(F)cc1Cl. The third-order valence-corrected chi connectivity index (χ3v) is 6.24. The summed E-state index contributed by atoms with van der Waals surface area (Å²) >= 11 is 11.9. The van der Waals surface area contributed by atoms with Gasteiger partial charge in [0.1, 0.15) is 11.6 Å². The van der Waals surface area contributed by atoms with E-state index in [1.54, 1.807) is 12.1 Å². The number of rotatable bonds is 4. The molecule has 2 aliphatic carbocycles. The molecule has 2 aliphatic rings. The van der Waals surface area contributed by atoms with E-state index >= 15 is 0 Å².